The smallest absolute Gasteiger partial charge is 0.326 e. The van der Waals surface area contributed by atoms with Gasteiger partial charge in [0.1, 0.15) is 6.04 Å². The molecule has 110 valence electrons. The molecule has 0 rings (SSSR count). The van der Waals surface area contributed by atoms with Crippen LogP contribution in [0.1, 0.15) is 39.5 Å². The van der Waals surface area contributed by atoms with Crippen LogP contribution < -0.4 is 5.32 Å². The number of hydrogen-bond acceptors (Lipinski definition) is 3. The summed E-state index contributed by atoms with van der Waals surface area (Å²) >= 11 is 0. The fourth-order valence-corrected chi connectivity index (χ4v) is 1.59. The van der Waals surface area contributed by atoms with Crippen molar-refractivity contribution in [2.75, 3.05) is 7.05 Å². The summed E-state index contributed by atoms with van der Waals surface area (Å²) in [7, 11) is 1.59. The van der Waals surface area contributed by atoms with E-state index in [1.807, 2.05) is 13.8 Å². The number of carboxylic acid groups (broad SMARTS) is 2. The average Bonchev–Trinajstić information content (AvgIpc) is 2.32. The first-order chi connectivity index (χ1) is 8.79. The molecule has 0 radical (unpaired) electrons. The Hall–Kier alpha value is -1.79. The Bertz CT molecular complexity index is 332. The molecule has 0 aromatic rings. The number of carbonyl (C=O) groups excluding carboxylic acids is 1. The van der Waals surface area contributed by atoms with Crippen LogP contribution in [0.5, 0.6) is 0 Å². The lowest BCUT2D eigenvalue weighted by atomic mass is 10.1. The highest BCUT2D eigenvalue weighted by molar-refractivity contribution is 5.83. The summed E-state index contributed by atoms with van der Waals surface area (Å²) in [4.78, 5) is 34.6. The van der Waals surface area contributed by atoms with Crippen molar-refractivity contribution in [3.63, 3.8) is 0 Å². The highest BCUT2D eigenvalue weighted by Crippen LogP contribution is 2.05. The van der Waals surface area contributed by atoms with Crippen molar-refractivity contribution >= 4 is 18.0 Å². The lowest BCUT2D eigenvalue weighted by Gasteiger charge is -2.26. The Morgan fingerprint density at radius 2 is 1.79 bits per heavy atom. The molecular weight excluding hydrogens is 252 g/mol. The van der Waals surface area contributed by atoms with Crippen molar-refractivity contribution in [3.05, 3.63) is 0 Å². The topological polar surface area (TPSA) is 107 Å². The molecule has 0 saturated carbocycles. The summed E-state index contributed by atoms with van der Waals surface area (Å²) in [5.74, 6) is -2.32. The van der Waals surface area contributed by atoms with E-state index in [2.05, 4.69) is 5.32 Å². The van der Waals surface area contributed by atoms with E-state index in [-0.39, 0.29) is 18.9 Å². The summed E-state index contributed by atoms with van der Waals surface area (Å²) in [6.45, 7) is 3.87. The quantitative estimate of drug-likeness (QED) is 0.615. The normalized spacial score (nSPS) is 13.4. The molecule has 0 aliphatic heterocycles. The van der Waals surface area contributed by atoms with Crippen LogP contribution in [0.4, 0.5) is 4.79 Å². The number of nitrogens with one attached hydrogen (secondary N) is 1. The Labute approximate surface area is 112 Å². The molecule has 0 aliphatic rings. The molecule has 0 aliphatic carbocycles. The zero-order valence-electron chi connectivity index (χ0n) is 11.5. The van der Waals surface area contributed by atoms with Gasteiger partial charge in [-0.15, -0.1) is 0 Å². The number of carbonyl (C=O) groups is 3. The molecule has 2 atom stereocenters. The fraction of sp³-hybridized carbons (Fsp3) is 0.750. The number of carboxylic acids is 2. The minimum atomic E-state index is -1.23. The minimum Gasteiger partial charge on any atom is -0.481 e. The largest absolute Gasteiger partial charge is 0.481 e. The summed E-state index contributed by atoms with van der Waals surface area (Å²) in [6.07, 6.45) is 1.30. The lowest BCUT2D eigenvalue weighted by molar-refractivity contribution is -0.140. The maximum Gasteiger partial charge on any atom is 0.326 e. The number of urea groups is 1. The van der Waals surface area contributed by atoms with Crippen LogP contribution in [0.15, 0.2) is 0 Å². The number of hydrogen-bond donors (Lipinski definition) is 3. The van der Waals surface area contributed by atoms with Crippen molar-refractivity contribution < 1.29 is 24.6 Å². The Kier molecular flexibility index (Phi) is 7.55. The van der Waals surface area contributed by atoms with E-state index in [4.69, 9.17) is 10.2 Å². The first kappa shape index (κ1) is 17.2. The SMILES string of the molecule is CCCC(C)N(C)C(=O)NC(CCC(=O)O)C(=O)O. The van der Waals surface area contributed by atoms with Crippen LogP contribution in [0.2, 0.25) is 0 Å². The third-order valence-corrected chi connectivity index (χ3v) is 2.93. The zero-order chi connectivity index (χ0) is 15.0. The van der Waals surface area contributed by atoms with Crippen molar-refractivity contribution in [2.45, 2.75) is 51.6 Å². The number of aliphatic carboxylic acids is 2. The molecule has 7 nitrogen and oxygen atoms in total. The Morgan fingerprint density at radius 1 is 1.21 bits per heavy atom. The van der Waals surface area contributed by atoms with E-state index in [0.29, 0.717) is 0 Å². The second-order valence-electron chi connectivity index (χ2n) is 4.52. The second kappa shape index (κ2) is 8.34. The number of nitrogens with zero attached hydrogens (tertiary/aromatic N) is 1. The third-order valence-electron chi connectivity index (χ3n) is 2.93. The predicted octanol–water partition coefficient (Wildman–Crippen LogP) is 1.13. The van der Waals surface area contributed by atoms with Gasteiger partial charge >= 0.3 is 18.0 Å². The van der Waals surface area contributed by atoms with E-state index in [0.717, 1.165) is 12.8 Å². The maximum atomic E-state index is 11.8. The highest BCUT2D eigenvalue weighted by Gasteiger charge is 2.24. The van der Waals surface area contributed by atoms with Gasteiger partial charge in [-0.05, 0) is 19.8 Å². The molecule has 7 heteroatoms. The molecule has 0 fully saturated rings. The summed E-state index contributed by atoms with van der Waals surface area (Å²) < 4.78 is 0. The van der Waals surface area contributed by atoms with Gasteiger partial charge in [0.15, 0.2) is 0 Å². The van der Waals surface area contributed by atoms with Crippen LogP contribution in [0.25, 0.3) is 0 Å². The second-order valence-corrected chi connectivity index (χ2v) is 4.52. The molecule has 2 unspecified atom stereocenters. The van der Waals surface area contributed by atoms with E-state index >= 15 is 0 Å². The molecule has 19 heavy (non-hydrogen) atoms. The first-order valence-corrected chi connectivity index (χ1v) is 6.27. The van der Waals surface area contributed by atoms with E-state index in [9.17, 15) is 14.4 Å². The third kappa shape index (κ3) is 6.64. The van der Waals surface area contributed by atoms with Gasteiger partial charge in [0.25, 0.3) is 0 Å². The molecule has 0 heterocycles. The van der Waals surface area contributed by atoms with Crippen molar-refractivity contribution in [1.82, 2.24) is 10.2 Å². The highest BCUT2D eigenvalue weighted by atomic mass is 16.4. The predicted molar refractivity (Wildman–Crippen MR) is 69.0 cm³/mol. The van der Waals surface area contributed by atoms with Crippen molar-refractivity contribution in [3.8, 4) is 0 Å². The first-order valence-electron chi connectivity index (χ1n) is 6.27. The number of rotatable bonds is 8. The minimum absolute atomic E-state index is 0.00100. The van der Waals surface area contributed by atoms with Gasteiger partial charge in [-0.25, -0.2) is 9.59 Å². The Balaban J connectivity index is 4.45. The molecule has 0 spiro atoms. The van der Waals surface area contributed by atoms with Crippen LogP contribution in [-0.4, -0.2) is 52.2 Å². The molecule has 3 N–H and O–H groups in total. The maximum absolute atomic E-state index is 11.8. The Morgan fingerprint density at radius 3 is 2.21 bits per heavy atom. The summed E-state index contributed by atoms with van der Waals surface area (Å²) in [5.41, 5.74) is 0. The van der Waals surface area contributed by atoms with Gasteiger partial charge in [0.05, 0.1) is 0 Å². The summed E-state index contributed by atoms with van der Waals surface area (Å²) in [5, 5.41) is 19.8. The van der Waals surface area contributed by atoms with Crippen LogP contribution in [0.3, 0.4) is 0 Å². The molecule has 0 aromatic heterocycles. The monoisotopic (exact) mass is 274 g/mol. The van der Waals surface area contributed by atoms with Crippen molar-refractivity contribution in [2.24, 2.45) is 0 Å². The zero-order valence-corrected chi connectivity index (χ0v) is 11.5. The van der Waals surface area contributed by atoms with Gasteiger partial charge < -0.3 is 20.4 Å². The van der Waals surface area contributed by atoms with Crippen LogP contribution in [-0.2, 0) is 9.59 Å². The van der Waals surface area contributed by atoms with Gasteiger partial charge in [0, 0.05) is 19.5 Å². The van der Waals surface area contributed by atoms with Gasteiger partial charge in [-0.1, -0.05) is 13.3 Å². The molecule has 2 amide bonds. The average molecular weight is 274 g/mol. The van der Waals surface area contributed by atoms with E-state index in [1.54, 1.807) is 7.05 Å². The fourth-order valence-electron chi connectivity index (χ4n) is 1.59. The number of amides is 2. The van der Waals surface area contributed by atoms with E-state index < -0.39 is 24.0 Å². The van der Waals surface area contributed by atoms with Gasteiger partial charge in [-0.3, -0.25) is 4.79 Å². The van der Waals surface area contributed by atoms with Gasteiger partial charge in [-0.2, -0.15) is 0 Å². The molecule has 0 bridgehead atoms. The molecular formula is C12H22N2O5. The van der Waals surface area contributed by atoms with Gasteiger partial charge in [0.2, 0.25) is 0 Å². The molecule has 0 aromatic carbocycles. The van der Waals surface area contributed by atoms with E-state index in [1.165, 1.54) is 4.90 Å². The van der Waals surface area contributed by atoms with Crippen molar-refractivity contribution in [1.29, 1.82) is 0 Å². The van der Waals surface area contributed by atoms with Crippen LogP contribution in [0, 0.1) is 0 Å². The summed E-state index contributed by atoms with van der Waals surface area (Å²) in [6, 6.07) is -1.68. The molecule has 0 saturated heterocycles. The van der Waals surface area contributed by atoms with Crippen LogP contribution >= 0.6 is 0 Å². The lowest BCUT2D eigenvalue weighted by Crippen LogP contribution is -2.49. The standard InChI is InChI=1S/C12H22N2O5/c1-4-5-8(2)14(3)12(19)13-9(11(17)18)6-7-10(15)16/h8-9H,4-7H2,1-3H3,(H,13,19)(H,15,16)(H,17,18).